The SMILES string of the molecule is COC1CCC(NCC(C)SC)CC1. The van der Waals surface area contributed by atoms with Gasteiger partial charge < -0.3 is 10.1 Å². The molecular weight excluding hydrogens is 194 g/mol. The van der Waals surface area contributed by atoms with Gasteiger partial charge in [0, 0.05) is 24.9 Å². The summed E-state index contributed by atoms with van der Waals surface area (Å²) in [7, 11) is 1.83. The molecule has 1 atom stereocenters. The average molecular weight is 217 g/mol. The van der Waals surface area contributed by atoms with E-state index < -0.39 is 0 Å². The third-order valence-corrected chi connectivity index (χ3v) is 4.08. The van der Waals surface area contributed by atoms with Crippen LogP contribution < -0.4 is 5.32 Å². The maximum Gasteiger partial charge on any atom is 0.0572 e. The van der Waals surface area contributed by atoms with Gasteiger partial charge in [-0.1, -0.05) is 6.92 Å². The maximum atomic E-state index is 5.35. The number of methoxy groups -OCH3 is 1. The first-order valence-electron chi connectivity index (χ1n) is 5.55. The van der Waals surface area contributed by atoms with Crippen LogP contribution in [0.1, 0.15) is 32.6 Å². The summed E-state index contributed by atoms with van der Waals surface area (Å²) in [6.45, 7) is 3.42. The molecule has 0 aromatic heterocycles. The van der Waals surface area contributed by atoms with Crippen molar-refractivity contribution >= 4 is 11.8 Å². The predicted octanol–water partition coefficient (Wildman–Crippen LogP) is 2.29. The lowest BCUT2D eigenvalue weighted by Gasteiger charge is -2.29. The number of hydrogen-bond acceptors (Lipinski definition) is 3. The first kappa shape index (κ1) is 12.3. The summed E-state index contributed by atoms with van der Waals surface area (Å²) in [5, 5.41) is 4.37. The molecule has 0 aliphatic heterocycles. The monoisotopic (exact) mass is 217 g/mol. The number of hydrogen-bond donors (Lipinski definition) is 1. The van der Waals surface area contributed by atoms with Crippen LogP contribution in [0.15, 0.2) is 0 Å². The summed E-state index contributed by atoms with van der Waals surface area (Å²) in [5.74, 6) is 0. The molecule has 0 radical (unpaired) electrons. The van der Waals surface area contributed by atoms with E-state index in [1.165, 1.54) is 25.7 Å². The second kappa shape index (κ2) is 6.70. The maximum absolute atomic E-state index is 5.35. The molecule has 0 amide bonds. The van der Waals surface area contributed by atoms with E-state index in [-0.39, 0.29) is 0 Å². The van der Waals surface area contributed by atoms with Crippen LogP contribution in [-0.4, -0.2) is 37.3 Å². The molecule has 0 saturated heterocycles. The van der Waals surface area contributed by atoms with Crippen molar-refractivity contribution in [3.8, 4) is 0 Å². The lowest BCUT2D eigenvalue weighted by molar-refractivity contribution is 0.0627. The molecular formula is C11H23NOS. The molecule has 2 nitrogen and oxygen atoms in total. The van der Waals surface area contributed by atoms with Crippen molar-refractivity contribution in [3.63, 3.8) is 0 Å². The highest BCUT2D eigenvalue weighted by Crippen LogP contribution is 2.20. The minimum absolute atomic E-state index is 0.519. The zero-order chi connectivity index (χ0) is 10.4. The predicted molar refractivity (Wildman–Crippen MR) is 64.0 cm³/mol. The van der Waals surface area contributed by atoms with Crippen molar-refractivity contribution in [2.24, 2.45) is 0 Å². The van der Waals surface area contributed by atoms with Crippen molar-refractivity contribution in [2.75, 3.05) is 19.9 Å². The van der Waals surface area contributed by atoms with E-state index >= 15 is 0 Å². The fourth-order valence-electron chi connectivity index (χ4n) is 1.92. The molecule has 84 valence electrons. The van der Waals surface area contributed by atoms with Crippen molar-refractivity contribution in [2.45, 2.75) is 50.0 Å². The zero-order valence-electron chi connectivity index (χ0n) is 9.58. The van der Waals surface area contributed by atoms with Gasteiger partial charge in [-0.15, -0.1) is 0 Å². The average Bonchev–Trinajstić information content (AvgIpc) is 2.26. The Labute approximate surface area is 92.2 Å². The lowest BCUT2D eigenvalue weighted by Crippen LogP contribution is -2.37. The molecule has 1 saturated carbocycles. The minimum Gasteiger partial charge on any atom is -0.381 e. The van der Waals surface area contributed by atoms with Crippen LogP contribution in [0.25, 0.3) is 0 Å². The van der Waals surface area contributed by atoms with Gasteiger partial charge in [-0.05, 0) is 31.9 Å². The van der Waals surface area contributed by atoms with Gasteiger partial charge in [0.15, 0.2) is 0 Å². The summed E-state index contributed by atoms with van der Waals surface area (Å²) in [6, 6.07) is 0.732. The number of ether oxygens (including phenoxy) is 1. The minimum atomic E-state index is 0.519. The smallest absolute Gasteiger partial charge is 0.0572 e. The third-order valence-electron chi connectivity index (χ3n) is 3.10. The van der Waals surface area contributed by atoms with Crippen LogP contribution in [0.2, 0.25) is 0 Å². The van der Waals surface area contributed by atoms with Gasteiger partial charge in [-0.3, -0.25) is 0 Å². The van der Waals surface area contributed by atoms with Crippen LogP contribution in [-0.2, 0) is 4.74 Å². The summed E-state index contributed by atoms with van der Waals surface area (Å²) in [6.07, 6.45) is 7.70. The Morgan fingerprint density at radius 1 is 1.36 bits per heavy atom. The van der Waals surface area contributed by atoms with E-state index in [1.54, 1.807) is 0 Å². The number of nitrogens with one attached hydrogen (secondary N) is 1. The van der Waals surface area contributed by atoms with E-state index in [4.69, 9.17) is 4.74 Å². The van der Waals surface area contributed by atoms with E-state index in [9.17, 15) is 0 Å². The zero-order valence-corrected chi connectivity index (χ0v) is 10.4. The summed E-state index contributed by atoms with van der Waals surface area (Å²) >= 11 is 1.93. The molecule has 1 N–H and O–H groups in total. The second-order valence-electron chi connectivity index (χ2n) is 4.16. The Balaban J connectivity index is 2.10. The Morgan fingerprint density at radius 2 is 2.00 bits per heavy atom. The molecule has 0 aromatic carbocycles. The van der Waals surface area contributed by atoms with Crippen molar-refractivity contribution in [1.82, 2.24) is 5.32 Å². The molecule has 0 aromatic rings. The molecule has 0 spiro atoms. The van der Waals surface area contributed by atoms with Crippen molar-refractivity contribution < 1.29 is 4.74 Å². The molecule has 1 rings (SSSR count). The van der Waals surface area contributed by atoms with E-state index in [0.717, 1.165) is 17.8 Å². The lowest BCUT2D eigenvalue weighted by atomic mass is 9.93. The van der Waals surface area contributed by atoms with Gasteiger partial charge in [0.05, 0.1) is 6.10 Å². The standard InChI is InChI=1S/C11H23NOS/c1-9(14-3)8-12-10-4-6-11(13-2)7-5-10/h9-12H,4-8H2,1-3H3. The van der Waals surface area contributed by atoms with Crippen LogP contribution in [0.3, 0.4) is 0 Å². The van der Waals surface area contributed by atoms with Gasteiger partial charge in [-0.25, -0.2) is 0 Å². The number of rotatable bonds is 5. The van der Waals surface area contributed by atoms with Gasteiger partial charge in [0.25, 0.3) is 0 Å². The van der Waals surface area contributed by atoms with Gasteiger partial charge in [0.1, 0.15) is 0 Å². The first-order chi connectivity index (χ1) is 6.76. The quantitative estimate of drug-likeness (QED) is 0.763. The molecule has 14 heavy (non-hydrogen) atoms. The Hall–Kier alpha value is 0.270. The Bertz CT molecular complexity index is 146. The van der Waals surface area contributed by atoms with Crippen molar-refractivity contribution in [1.29, 1.82) is 0 Å². The normalized spacial score (nSPS) is 30.2. The molecule has 0 bridgehead atoms. The molecule has 1 unspecified atom stereocenters. The topological polar surface area (TPSA) is 21.3 Å². The summed E-state index contributed by atoms with van der Waals surface area (Å²) < 4.78 is 5.35. The number of thioether (sulfide) groups is 1. The first-order valence-corrected chi connectivity index (χ1v) is 6.84. The fourth-order valence-corrected chi connectivity index (χ4v) is 2.18. The summed E-state index contributed by atoms with van der Waals surface area (Å²) in [5.41, 5.74) is 0. The highest BCUT2D eigenvalue weighted by atomic mass is 32.2. The highest BCUT2D eigenvalue weighted by Gasteiger charge is 2.20. The van der Waals surface area contributed by atoms with Gasteiger partial charge in [0.2, 0.25) is 0 Å². The fraction of sp³-hybridized carbons (Fsp3) is 1.00. The van der Waals surface area contributed by atoms with E-state index in [1.807, 2.05) is 18.9 Å². The van der Waals surface area contributed by atoms with Crippen LogP contribution in [0, 0.1) is 0 Å². The molecule has 3 heteroatoms. The van der Waals surface area contributed by atoms with Gasteiger partial charge in [-0.2, -0.15) is 11.8 Å². The molecule has 1 aliphatic rings. The van der Waals surface area contributed by atoms with Crippen molar-refractivity contribution in [3.05, 3.63) is 0 Å². The molecule has 0 heterocycles. The van der Waals surface area contributed by atoms with E-state index in [0.29, 0.717) is 6.10 Å². The highest BCUT2D eigenvalue weighted by molar-refractivity contribution is 7.99. The molecule has 1 fully saturated rings. The van der Waals surface area contributed by atoms with Crippen LogP contribution in [0.4, 0.5) is 0 Å². The Kier molecular flexibility index (Phi) is 5.90. The van der Waals surface area contributed by atoms with E-state index in [2.05, 4.69) is 18.5 Å². The van der Waals surface area contributed by atoms with Crippen LogP contribution in [0.5, 0.6) is 0 Å². The van der Waals surface area contributed by atoms with Crippen LogP contribution >= 0.6 is 11.8 Å². The van der Waals surface area contributed by atoms with Gasteiger partial charge >= 0.3 is 0 Å². The largest absolute Gasteiger partial charge is 0.381 e. The summed E-state index contributed by atoms with van der Waals surface area (Å²) in [4.78, 5) is 0. The molecule has 1 aliphatic carbocycles. The Morgan fingerprint density at radius 3 is 2.50 bits per heavy atom. The second-order valence-corrected chi connectivity index (χ2v) is 5.44. The third kappa shape index (κ3) is 4.20.